The number of hydrogen-bond donors (Lipinski definition) is 0. The summed E-state index contributed by atoms with van der Waals surface area (Å²) in [5, 5.41) is 0. The molecule has 0 aromatic carbocycles. The van der Waals surface area contributed by atoms with Gasteiger partial charge in [-0.15, -0.1) is 0 Å². The number of carbonyl (C=O) groups is 1. The molecule has 0 spiro atoms. The third kappa shape index (κ3) is 3.05. The van der Waals surface area contributed by atoms with Crippen molar-refractivity contribution in [3.63, 3.8) is 0 Å². The van der Waals surface area contributed by atoms with Gasteiger partial charge in [0.25, 0.3) is 0 Å². The van der Waals surface area contributed by atoms with Gasteiger partial charge in [-0.3, -0.25) is 0 Å². The summed E-state index contributed by atoms with van der Waals surface area (Å²) in [6.45, 7) is 3.95. The van der Waals surface area contributed by atoms with Gasteiger partial charge >= 0.3 is 5.97 Å². The van der Waals surface area contributed by atoms with Crippen LogP contribution in [0.4, 0.5) is 0 Å². The predicted molar refractivity (Wildman–Crippen MR) is 60.3 cm³/mol. The molecule has 1 aliphatic heterocycles. The molecule has 0 N–H and O–H groups in total. The fraction of sp³-hybridized carbons (Fsp3) is 0.700. The van der Waals surface area contributed by atoms with E-state index in [2.05, 4.69) is 0 Å². The summed E-state index contributed by atoms with van der Waals surface area (Å²) in [5.74, 6) is -0.428. The minimum Gasteiger partial charge on any atom is -0.463 e. The molecule has 0 unspecified atom stereocenters. The Hall–Kier alpha value is -0.880. The third-order valence-electron chi connectivity index (χ3n) is 2.49. The van der Waals surface area contributed by atoms with Gasteiger partial charge in [-0.05, 0) is 20.3 Å². The van der Waals surface area contributed by atoms with Crippen LogP contribution in [0.5, 0.6) is 0 Å². The fourth-order valence-electron chi connectivity index (χ4n) is 1.63. The van der Waals surface area contributed by atoms with Gasteiger partial charge in [-0.2, -0.15) is 4.31 Å². The summed E-state index contributed by atoms with van der Waals surface area (Å²) >= 11 is 0. The van der Waals surface area contributed by atoms with E-state index in [1.165, 1.54) is 4.31 Å². The minimum absolute atomic E-state index is 0.104. The second-order valence-electron chi connectivity index (χ2n) is 3.84. The van der Waals surface area contributed by atoms with Gasteiger partial charge in [0.15, 0.2) is 0 Å². The molecule has 0 fully saturated rings. The maximum atomic E-state index is 11.5. The van der Waals surface area contributed by atoms with Crippen LogP contribution in [0.3, 0.4) is 0 Å². The van der Waals surface area contributed by atoms with Crippen LogP contribution in [0.1, 0.15) is 20.3 Å². The summed E-state index contributed by atoms with van der Waals surface area (Å²) < 4.78 is 29.1. The second-order valence-corrected chi connectivity index (χ2v) is 5.78. The van der Waals surface area contributed by atoms with E-state index < -0.39 is 16.0 Å². The van der Waals surface area contributed by atoms with Gasteiger partial charge in [-0.1, -0.05) is 6.08 Å². The molecule has 0 aromatic heterocycles. The molecule has 1 rings (SSSR count). The molecule has 0 saturated carbocycles. The molecule has 0 aliphatic carbocycles. The smallest absolute Gasteiger partial charge is 0.335 e. The van der Waals surface area contributed by atoms with E-state index in [1.807, 2.05) is 6.92 Å². The van der Waals surface area contributed by atoms with E-state index in [4.69, 9.17) is 4.74 Å². The van der Waals surface area contributed by atoms with Crippen molar-refractivity contribution in [2.45, 2.75) is 26.3 Å². The van der Waals surface area contributed by atoms with Crippen molar-refractivity contribution in [1.29, 1.82) is 0 Å². The molecule has 1 heterocycles. The first-order valence-corrected chi connectivity index (χ1v) is 7.04. The van der Waals surface area contributed by atoms with Crippen LogP contribution in [0, 0.1) is 0 Å². The lowest BCUT2D eigenvalue weighted by atomic mass is 10.1. The van der Waals surface area contributed by atoms with Crippen LogP contribution >= 0.6 is 0 Å². The molecule has 1 atom stereocenters. The molecule has 5 nitrogen and oxygen atoms in total. The molecule has 6 heteroatoms. The molecule has 0 saturated heterocycles. The first kappa shape index (κ1) is 13.2. The van der Waals surface area contributed by atoms with Crippen molar-refractivity contribution in [3.05, 3.63) is 11.6 Å². The summed E-state index contributed by atoms with van der Waals surface area (Å²) in [6, 6.07) is -0.104. The summed E-state index contributed by atoms with van der Waals surface area (Å²) in [7, 11) is -3.27. The van der Waals surface area contributed by atoms with Crippen LogP contribution in [-0.4, -0.2) is 44.1 Å². The Morgan fingerprint density at radius 3 is 2.75 bits per heavy atom. The van der Waals surface area contributed by atoms with E-state index in [0.29, 0.717) is 18.6 Å². The largest absolute Gasteiger partial charge is 0.463 e. The average molecular weight is 247 g/mol. The van der Waals surface area contributed by atoms with Gasteiger partial charge in [0.2, 0.25) is 10.0 Å². The molecule has 1 aliphatic rings. The number of sulfonamides is 1. The SMILES string of the molecule is CCOC(=O)C1=CC[C@H](C)N(S(C)(=O)=O)C1. The van der Waals surface area contributed by atoms with Crippen molar-refractivity contribution in [1.82, 2.24) is 4.31 Å². The van der Waals surface area contributed by atoms with E-state index >= 15 is 0 Å². The Bertz CT molecular complexity index is 399. The zero-order chi connectivity index (χ0) is 12.3. The third-order valence-corrected chi connectivity index (χ3v) is 3.83. The number of hydrogen-bond acceptors (Lipinski definition) is 4. The highest BCUT2D eigenvalue weighted by atomic mass is 32.2. The van der Waals surface area contributed by atoms with Crippen LogP contribution in [0.15, 0.2) is 11.6 Å². The lowest BCUT2D eigenvalue weighted by Gasteiger charge is -2.30. The van der Waals surface area contributed by atoms with Gasteiger partial charge in [0, 0.05) is 18.2 Å². The van der Waals surface area contributed by atoms with Crippen molar-refractivity contribution in [2.75, 3.05) is 19.4 Å². The second kappa shape index (κ2) is 4.97. The lowest BCUT2D eigenvalue weighted by molar-refractivity contribution is -0.138. The van der Waals surface area contributed by atoms with Crippen LogP contribution in [0.25, 0.3) is 0 Å². The fourth-order valence-corrected chi connectivity index (χ4v) is 2.75. The number of rotatable bonds is 3. The topological polar surface area (TPSA) is 63.7 Å². The molecule has 16 heavy (non-hydrogen) atoms. The van der Waals surface area contributed by atoms with Crippen molar-refractivity contribution in [3.8, 4) is 0 Å². The van der Waals surface area contributed by atoms with E-state index in [0.717, 1.165) is 6.26 Å². The lowest BCUT2D eigenvalue weighted by Crippen LogP contribution is -2.42. The van der Waals surface area contributed by atoms with Crippen LogP contribution < -0.4 is 0 Å². The minimum atomic E-state index is -3.27. The zero-order valence-corrected chi connectivity index (χ0v) is 10.6. The maximum absolute atomic E-state index is 11.5. The highest BCUT2D eigenvalue weighted by molar-refractivity contribution is 7.88. The Morgan fingerprint density at radius 1 is 1.62 bits per heavy atom. The molecule has 92 valence electrons. The van der Waals surface area contributed by atoms with E-state index in [9.17, 15) is 13.2 Å². The summed E-state index contributed by atoms with van der Waals surface area (Å²) in [5.41, 5.74) is 0.422. The zero-order valence-electron chi connectivity index (χ0n) is 9.76. The van der Waals surface area contributed by atoms with Gasteiger partial charge in [0.05, 0.1) is 12.9 Å². The van der Waals surface area contributed by atoms with Crippen molar-refractivity contribution >= 4 is 16.0 Å². The number of esters is 1. The molecular weight excluding hydrogens is 230 g/mol. The van der Waals surface area contributed by atoms with Crippen LogP contribution in [0.2, 0.25) is 0 Å². The summed E-state index contributed by atoms with van der Waals surface area (Å²) in [6.07, 6.45) is 3.45. The van der Waals surface area contributed by atoms with E-state index in [1.54, 1.807) is 13.0 Å². The highest BCUT2D eigenvalue weighted by Gasteiger charge is 2.29. The number of ether oxygens (including phenoxy) is 1. The highest BCUT2D eigenvalue weighted by Crippen LogP contribution is 2.19. The maximum Gasteiger partial charge on any atom is 0.335 e. The van der Waals surface area contributed by atoms with E-state index in [-0.39, 0.29) is 12.6 Å². The standard InChI is InChI=1S/C10H17NO4S/c1-4-15-10(12)9-6-5-8(2)11(7-9)16(3,13)14/h6,8H,4-5,7H2,1-3H3/t8-/m0/s1. The summed E-state index contributed by atoms with van der Waals surface area (Å²) in [4.78, 5) is 11.5. The van der Waals surface area contributed by atoms with Gasteiger partial charge in [-0.25, -0.2) is 13.2 Å². The number of nitrogens with zero attached hydrogens (tertiary/aromatic N) is 1. The van der Waals surface area contributed by atoms with Crippen molar-refractivity contribution in [2.24, 2.45) is 0 Å². The predicted octanol–water partition coefficient (Wildman–Crippen LogP) is 0.530. The Morgan fingerprint density at radius 2 is 2.25 bits per heavy atom. The number of carbonyl (C=O) groups excluding carboxylic acids is 1. The normalized spacial score (nSPS) is 22.7. The molecule has 0 amide bonds. The Labute approximate surface area is 96.1 Å². The van der Waals surface area contributed by atoms with Gasteiger partial charge in [0.1, 0.15) is 0 Å². The first-order valence-electron chi connectivity index (χ1n) is 5.19. The average Bonchev–Trinajstić information content (AvgIpc) is 2.16. The van der Waals surface area contributed by atoms with Gasteiger partial charge < -0.3 is 4.74 Å². The monoisotopic (exact) mass is 247 g/mol. The molecular formula is C10H17NO4S. The van der Waals surface area contributed by atoms with Crippen molar-refractivity contribution < 1.29 is 17.9 Å². The first-order chi connectivity index (χ1) is 7.36. The Balaban J connectivity index is 2.83. The Kier molecular flexibility index (Phi) is 4.09. The van der Waals surface area contributed by atoms with Crippen LogP contribution in [-0.2, 0) is 19.6 Å². The molecule has 0 aromatic rings. The molecule has 0 radical (unpaired) electrons. The molecule has 0 bridgehead atoms. The quantitative estimate of drug-likeness (QED) is 0.682.